The van der Waals surface area contributed by atoms with E-state index in [1.54, 1.807) is 6.92 Å². The van der Waals surface area contributed by atoms with Gasteiger partial charge in [0.05, 0.1) is 0 Å². The predicted molar refractivity (Wildman–Crippen MR) is 217 cm³/mol. The molecule has 2 aliphatic carbocycles. The van der Waals surface area contributed by atoms with E-state index in [-0.39, 0.29) is 28.4 Å². The fourth-order valence-electron chi connectivity index (χ4n) is 6.45. The first-order chi connectivity index (χ1) is 24.2. The van der Waals surface area contributed by atoms with Crippen LogP contribution in [0.5, 0.6) is 0 Å². The zero-order chi connectivity index (χ0) is 39.2. The third kappa shape index (κ3) is 14.1. The van der Waals surface area contributed by atoms with E-state index in [9.17, 15) is 19.5 Å². The number of hydrogen-bond acceptors (Lipinski definition) is 6. The predicted octanol–water partition coefficient (Wildman–Crippen LogP) is 9.80. The molecule has 0 aliphatic heterocycles. The second-order valence-corrected chi connectivity index (χ2v) is 15.8. The second kappa shape index (κ2) is 20.2. The molecule has 0 aromatic heterocycles. The van der Waals surface area contributed by atoms with E-state index < -0.39 is 12.2 Å². The summed E-state index contributed by atoms with van der Waals surface area (Å²) in [6.07, 6.45) is 28.7. The lowest BCUT2D eigenvalue weighted by Gasteiger charge is -2.36. The summed E-state index contributed by atoms with van der Waals surface area (Å²) in [6, 6.07) is 0. The molecule has 2 atom stereocenters. The Kier molecular flexibility index (Phi) is 17.1. The van der Waals surface area contributed by atoms with Crippen molar-refractivity contribution in [3.05, 3.63) is 130 Å². The van der Waals surface area contributed by atoms with Crippen LogP contribution in [-0.2, 0) is 19.1 Å². The molecule has 282 valence electrons. The first-order valence-electron chi connectivity index (χ1n) is 18.4. The maximum Gasteiger partial charge on any atom is 0.306 e. The van der Waals surface area contributed by atoms with Crippen LogP contribution in [0.15, 0.2) is 130 Å². The quantitative estimate of drug-likeness (QED) is 0.135. The Morgan fingerprint density at radius 2 is 1.13 bits per heavy atom. The highest BCUT2D eigenvalue weighted by Gasteiger charge is 2.40. The van der Waals surface area contributed by atoms with Crippen molar-refractivity contribution in [2.75, 3.05) is 20.6 Å². The van der Waals surface area contributed by atoms with Crippen LogP contribution >= 0.6 is 0 Å². The third-order valence-electron chi connectivity index (χ3n) is 9.55. The van der Waals surface area contributed by atoms with Crippen LogP contribution in [0.1, 0.15) is 94.9 Å². The molecule has 0 radical (unpaired) electrons. The van der Waals surface area contributed by atoms with Gasteiger partial charge in [0.2, 0.25) is 0 Å². The van der Waals surface area contributed by atoms with E-state index in [0.717, 1.165) is 40.0 Å². The highest BCUT2D eigenvalue weighted by atomic mass is 16.5. The lowest BCUT2D eigenvalue weighted by Crippen LogP contribution is -2.39. The minimum Gasteiger partial charge on any atom is -0.454 e. The Morgan fingerprint density at radius 1 is 0.712 bits per heavy atom. The molecule has 0 heterocycles. The van der Waals surface area contributed by atoms with Crippen LogP contribution in [0.2, 0.25) is 0 Å². The summed E-state index contributed by atoms with van der Waals surface area (Å²) in [5.41, 5.74) is 7.04. The minimum absolute atomic E-state index is 0.109. The number of carbonyl (C=O) groups excluding carboxylic acids is 3. The average Bonchev–Trinajstić information content (AvgIpc) is 3.03. The monoisotopic (exact) mass is 709 g/mol. The van der Waals surface area contributed by atoms with Crippen molar-refractivity contribution < 1.29 is 24.2 Å². The van der Waals surface area contributed by atoms with Gasteiger partial charge in [-0.3, -0.25) is 14.4 Å². The van der Waals surface area contributed by atoms with E-state index in [2.05, 4.69) is 65.8 Å². The molecule has 6 heteroatoms. The second-order valence-electron chi connectivity index (χ2n) is 15.8. The Balaban J connectivity index is 1.95. The minimum atomic E-state index is -0.913. The average molecular weight is 710 g/mol. The van der Waals surface area contributed by atoms with Crippen molar-refractivity contribution in [3.8, 4) is 0 Å². The van der Waals surface area contributed by atoms with Gasteiger partial charge >= 0.3 is 5.97 Å². The Labute approximate surface area is 314 Å². The van der Waals surface area contributed by atoms with Crippen molar-refractivity contribution in [2.24, 2.45) is 10.8 Å². The van der Waals surface area contributed by atoms with E-state index in [1.807, 2.05) is 101 Å². The molecule has 0 saturated heterocycles. The molecule has 0 aromatic carbocycles. The highest BCUT2D eigenvalue weighted by Crippen LogP contribution is 2.41. The fraction of sp³-hybridized carbons (Fsp3) is 0.457. The van der Waals surface area contributed by atoms with Crippen molar-refractivity contribution in [3.63, 3.8) is 0 Å². The largest absolute Gasteiger partial charge is 0.454 e. The lowest BCUT2D eigenvalue weighted by atomic mass is 9.71. The Bertz CT molecular complexity index is 1670. The number of nitrogens with zero attached hydrogens (tertiary/aromatic N) is 1. The number of ether oxygens (including phenoxy) is 1. The molecular formula is C46H63NO5. The van der Waals surface area contributed by atoms with Gasteiger partial charge < -0.3 is 14.7 Å². The van der Waals surface area contributed by atoms with Crippen molar-refractivity contribution in [1.29, 1.82) is 0 Å². The van der Waals surface area contributed by atoms with Crippen LogP contribution in [0, 0.1) is 10.8 Å². The first kappa shape index (κ1) is 44.0. The van der Waals surface area contributed by atoms with Crippen molar-refractivity contribution in [2.45, 2.75) is 107 Å². The molecule has 0 fully saturated rings. The van der Waals surface area contributed by atoms with Gasteiger partial charge in [-0.15, -0.1) is 0 Å². The van der Waals surface area contributed by atoms with E-state index in [0.29, 0.717) is 36.8 Å². The van der Waals surface area contributed by atoms with E-state index in [4.69, 9.17) is 4.74 Å². The Hall–Kier alpha value is -4.13. The molecule has 52 heavy (non-hydrogen) atoms. The van der Waals surface area contributed by atoms with Crippen LogP contribution in [-0.4, -0.2) is 60.4 Å². The number of aliphatic hydroxyl groups excluding tert-OH is 1. The van der Waals surface area contributed by atoms with Gasteiger partial charge in [-0.25, -0.2) is 0 Å². The number of allylic oxidation sites excluding steroid dienone is 20. The zero-order valence-corrected chi connectivity index (χ0v) is 33.8. The summed E-state index contributed by atoms with van der Waals surface area (Å²) in [5, 5.41) is 10.1. The summed E-state index contributed by atoms with van der Waals surface area (Å²) >= 11 is 0. The number of rotatable bonds is 15. The maximum absolute atomic E-state index is 13.1. The van der Waals surface area contributed by atoms with Gasteiger partial charge in [0.15, 0.2) is 17.7 Å². The van der Waals surface area contributed by atoms with Gasteiger partial charge in [0.1, 0.15) is 6.10 Å². The first-order valence-corrected chi connectivity index (χ1v) is 18.4. The van der Waals surface area contributed by atoms with Gasteiger partial charge in [-0.1, -0.05) is 135 Å². The fourth-order valence-corrected chi connectivity index (χ4v) is 6.45. The molecular weight excluding hydrogens is 647 g/mol. The Morgan fingerprint density at radius 3 is 1.62 bits per heavy atom. The van der Waals surface area contributed by atoms with Gasteiger partial charge in [-0.2, -0.15) is 0 Å². The topological polar surface area (TPSA) is 83.9 Å². The summed E-state index contributed by atoms with van der Waals surface area (Å²) in [4.78, 5) is 39.8. The molecule has 2 aliphatic rings. The van der Waals surface area contributed by atoms with Crippen LogP contribution in [0.4, 0.5) is 0 Å². The van der Waals surface area contributed by atoms with Crippen molar-refractivity contribution in [1.82, 2.24) is 4.90 Å². The van der Waals surface area contributed by atoms with Gasteiger partial charge in [0.25, 0.3) is 0 Å². The highest BCUT2D eigenvalue weighted by molar-refractivity contribution is 6.02. The normalized spacial score (nSPS) is 22.6. The molecule has 0 aromatic rings. The van der Waals surface area contributed by atoms with E-state index >= 15 is 0 Å². The number of hydrogen-bond donors (Lipinski definition) is 1. The molecule has 1 N–H and O–H groups in total. The zero-order valence-electron chi connectivity index (χ0n) is 33.8. The van der Waals surface area contributed by atoms with Crippen molar-refractivity contribution >= 4 is 17.5 Å². The third-order valence-corrected chi connectivity index (χ3v) is 9.55. The molecule has 0 bridgehead atoms. The maximum atomic E-state index is 13.1. The summed E-state index contributed by atoms with van der Waals surface area (Å²) in [7, 11) is 3.93. The van der Waals surface area contributed by atoms with Gasteiger partial charge in [-0.05, 0) is 108 Å². The summed E-state index contributed by atoms with van der Waals surface area (Å²) in [5.74, 6) is -0.599. The lowest BCUT2D eigenvalue weighted by molar-refractivity contribution is -0.156. The van der Waals surface area contributed by atoms with Crippen LogP contribution in [0.25, 0.3) is 0 Å². The smallest absolute Gasteiger partial charge is 0.306 e. The molecule has 6 nitrogen and oxygen atoms in total. The number of carbonyl (C=O) groups is 3. The molecule has 0 spiro atoms. The van der Waals surface area contributed by atoms with Crippen LogP contribution < -0.4 is 0 Å². The molecule has 0 saturated carbocycles. The number of Topliss-reactive ketones (excluding diaryl/α,β-unsaturated/α-hetero) is 2. The summed E-state index contributed by atoms with van der Waals surface area (Å²) < 4.78 is 5.63. The number of esters is 1. The molecule has 2 rings (SSSR count). The van der Waals surface area contributed by atoms with Gasteiger partial charge in [0, 0.05) is 12.8 Å². The van der Waals surface area contributed by atoms with E-state index in [1.165, 1.54) is 0 Å². The standard InChI is InChI=1S/C46H63NO5/c1-32(20-15-22-34(3)25-27-38-36(5)43(50)40(48)30-45(38,7)8)18-13-14-19-33(2)21-16-23-35(4)26-28-39-37(6)44(51)41(31-46(39,9)10)52-42(49)24-17-29-47(11)12/h13-16,18-23,25-28,40-41,48H,17,24,29-31H2,1-12H3/b14-13+,20-15+,21-16+,27-25+,28-26+,32-18+,33-19+,34-22+,35-23+. The number of aliphatic hydroxyl groups is 1. The summed E-state index contributed by atoms with van der Waals surface area (Å²) in [6.45, 7) is 20.9. The van der Waals surface area contributed by atoms with Crippen LogP contribution in [0.3, 0.4) is 0 Å². The molecule has 0 amide bonds. The number of ketones is 2. The SMILES string of the molecule is CC1=C(/C=C/C(C)=C/C=C/C(C)=C/C=C/C=C(C)/C=C/C=C(C)/C=C/C2=C(C)C(=O)C(OC(=O)CCCN(C)C)CC2(C)C)C(C)(C)CC(O)C1=O. The molecule has 2 unspecified atom stereocenters.